The number of fused-ring (bicyclic) bond motifs is 2. The summed E-state index contributed by atoms with van der Waals surface area (Å²) < 4.78 is 7.45. The maximum Gasteiger partial charge on any atom is 0.343 e. The van der Waals surface area contributed by atoms with Crippen molar-refractivity contribution in [1.29, 1.82) is 0 Å². The highest BCUT2D eigenvalue weighted by Crippen LogP contribution is 2.32. The first-order valence-electron chi connectivity index (χ1n) is 8.60. The monoisotopic (exact) mass is 476 g/mol. The van der Waals surface area contributed by atoms with Crippen LogP contribution in [-0.2, 0) is 28.3 Å². The van der Waals surface area contributed by atoms with E-state index in [0.717, 1.165) is 20.2 Å². The topological polar surface area (TPSA) is 81.4 Å². The second kappa shape index (κ2) is 6.72. The Morgan fingerprint density at radius 1 is 1.30 bits per heavy atom. The van der Waals surface area contributed by atoms with Crippen molar-refractivity contribution in [2.75, 3.05) is 0 Å². The normalized spacial score (nSPS) is 19.0. The zero-order chi connectivity index (χ0) is 19.2. The van der Waals surface area contributed by atoms with Crippen molar-refractivity contribution in [3.8, 4) is 0 Å². The van der Waals surface area contributed by atoms with E-state index in [1.165, 1.54) is 0 Å². The summed E-state index contributed by atoms with van der Waals surface area (Å²) >= 11 is 2.17. The summed E-state index contributed by atoms with van der Waals surface area (Å²) in [5.74, 6) is -0.706. The highest BCUT2D eigenvalue weighted by Gasteiger charge is 2.44. The Bertz CT molecular complexity index is 1120. The maximum atomic E-state index is 12.9. The third-order valence-electron chi connectivity index (χ3n) is 5.00. The number of aliphatic hydroxyl groups is 1. The van der Waals surface area contributed by atoms with Gasteiger partial charge in [0.05, 0.1) is 17.6 Å². The molecule has 6 nitrogen and oxygen atoms in total. The first-order valence-corrected chi connectivity index (χ1v) is 9.68. The summed E-state index contributed by atoms with van der Waals surface area (Å²) in [6.07, 6.45) is 1.76. The molecule has 0 aliphatic carbocycles. The fraction of sp³-hybridized carbons (Fsp3) is 0.250. The molecule has 0 spiro atoms. The number of benzene rings is 1. The number of carbonyl (C=O) groups excluding carboxylic acids is 1. The summed E-state index contributed by atoms with van der Waals surface area (Å²) in [6, 6.07) is 11.5. The van der Waals surface area contributed by atoms with Crippen LogP contribution >= 0.6 is 22.6 Å². The third-order valence-corrected chi connectivity index (χ3v) is 5.93. The lowest BCUT2D eigenvalue weighted by atomic mass is 9.87. The molecule has 0 saturated heterocycles. The van der Waals surface area contributed by atoms with Crippen molar-refractivity contribution in [3.05, 3.63) is 73.3 Å². The summed E-state index contributed by atoms with van der Waals surface area (Å²) in [5.41, 5.74) is 0.471. The van der Waals surface area contributed by atoms with E-state index in [2.05, 4.69) is 27.6 Å². The van der Waals surface area contributed by atoms with E-state index in [9.17, 15) is 14.7 Å². The van der Waals surface area contributed by atoms with Crippen molar-refractivity contribution in [2.24, 2.45) is 0 Å². The minimum absolute atomic E-state index is 0.122. The molecule has 7 heteroatoms. The van der Waals surface area contributed by atoms with E-state index in [1.807, 2.05) is 30.3 Å². The zero-order valence-electron chi connectivity index (χ0n) is 14.6. The molecule has 1 N–H and O–H groups in total. The number of ether oxygens (including phenoxy) is 1. The van der Waals surface area contributed by atoms with Crippen molar-refractivity contribution in [2.45, 2.75) is 32.1 Å². The van der Waals surface area contributed by atoms with Gasteiger partial charge in [-0.1, -0.05) is 25.1 Å². The lowest BCUT2D eigenvalue weighted by Crippen LogP contribution is -2.44. The number of pyridine rings is 2. The average Bonchev–Trinajstić information content (AvgIpc) is 2.67. The van der Waals surface area contributed by atoms with E-state index < -0.39 is 11.6 Å². The standard InChI is InChI=1S/C20H17IN2O4/c1-2-20(26)15-7-8-23(18(24)14(15)11-27-19(20)25)10-13-9-12-5-3-4-6-16(12)22-17(13)21/h3-9,26H,2,10-11H2,1H3/t20-/m0/s1. The maximum absolute atomic E-state index is 12.9. The molecule has 2 aromatic heterocycles. The predicted octanol–water partition coefficient (Wildman–Crippen LogP) is 2.70. The number of cyclic esters (lactones) is 1. The Morgan fingerprint density at radius 2 is 2.07 bits per heavy atom. The number of rotatable bonds is 3. The summed E-state index contributed by atoms with van der Waals surface area (Å²) in [5, 5.41) is 11.6. The summed E-state index contributed by atoms with van der Waals surface area (Å²) in [6.45, 7) is 1.91. The smallest absolute Gasteiger partial charge is 0.343 e. The highest BCUT2D eigenvalue weighted by molar-refractivity contribution is 14.1. The number of halogens is 1. The van der Waals surface area contributed by atoms with Crippen molar-refractivity contribution in [3.63, 3.8) is 0 Å². The van der Waals surface area contributed by atoms with Crippen molar-refractivity contribution < 1.29 is 14.6 Å². The molecular formula is C20H17IN2O4. The van der Waals surface area contributed by atoms with Gasteiger partial charge in [0, 0.05) is 22.7 Å². The Balaban J connectivity index is 1.78. The number of hydrogen-bond acceptors (Lipinski definition) is 5. The Hall–Kier alpha value is -2.26. The van der Waals surface area contributed by atoms with Crippen LogP contribution in [-0.4, -0.2) is 20.6 Å². The molecule has 0 fully saturated rings. The Morgan fingerprint density at radius 3 is 2.85 bits per heavy atom. The molecule has 1 atom stereocenters. The van der Waals surface area contributed by atoms with Crippen LogP contribution in [0.4, 0.5) is 0 Å². The van der Waals surface area contributed by atoms with Gasteiger partial charge in [-0.15, -0.1) is 0 Å². The van der Waals surface area contributed by atoms with Crippen LogP contribution in [0.25, 0.3) is 10.9 Å². The van der Waals surface area contributed by atoms with E-state index in [4.69, 9.17) is 4.74 Å². The van der Waals surface area contributed by atoms with Crippen LogP contribution in [0.1, 0.15) is 30.0 Å². The van der Waals surface area contributed by atoms with Gasteiger partial charge in [-0.3, -0.25) is 4.79 Å². The van der Waals surface area contributed by atoms with Gasteiger partial charge in [0.2, 0.25) is 0 Å². The van der Waals surface area contributed by atoms with Gasteiger partial charge in [0.15, 0.2) is 5.60 Å². The Labute approximate surface area is 168 Å². The van der Waals surface area contributed by atoms with Gasteiger partial charge in [0.1, 0.15) is 10.3 Å². The van der Waals surface area contributed by atoms with Crippen molar-refractivity contribution >= 4 is 39.5 Å². The molecule has 0 radical (unpaired) electrons. The van der Waals surface area contributed by atoms with E-state index in [-0.39, 0.29) is 18.6 Å². The highest BCUT2D eigenvalue weighted by atomic mass is 127. The first-order chi connectivity index (χ1) is 12.9. The second-order valence-electron chi connectivity index (χ2n) is 6.56. The van der Waals surface area contributed by atoms with Gasteiger partial charge in [0.25, 0.3) is 5.56 Å². The number of nitrogens with zero attached hydrogens (tertiary/aromatic N) is 2. The molecular weight excluding hydrogens is 459 g/mol. The number of hydrogen-bond donors (Lipinski definition) is 1. The number of para-hydroxylation sites is 1. The van der Waals surface area contributed by atoms with E-state index >= 15 is 0 Å². The van der Waals surface area contributed by atoms with Crippen molar-refractivity contribution in [1.82, 2.24) is 9.55 Å². The third kappa shape index (κ3) is 2.94. The van der Waals surface area contributed by atoms with Crippen LogP contribution in [0, 0.1) is 3.70 Å². The average molecular weight is 476 g/mol. The largest absolute Gasteiger partial charge is 0.458 e. The zero-order valence-corrected chi connectivity index (χ0v) is 16.8. The number of aromatic nitrogens is 2. The molecule has 1 aromatic carbocycles. The van der Waals surface area contributed by atoms with E-state index in [0.29, 0.717) is 17.7 Å². The molecule has 1 aliphatic rings. The van der Waals surface area contributed by atoms with Crippen LogP contribution in [0.5, 0.6) is 0 Å². The van der Waals surface area contributed by atoms with E-state index in [1.54, 1.807) is 23.8 Å². The lowest BCUT2D eigenvalue weighted by Gasteiger charge is -2.31. The lowest BCUT2D eigenvalue weighted by molar-refractivity contribution is -0.172. The van der Waals surface area contributed by atoms with Gasteiger partial charge in [-0.25, -0.2) is 9.78 Å². The molecule has 3 heterocycles. The van der Waals surface area contributed by atoms with Crippen LogP contribution in [0.15, 0.2) is 47.4 Å². The number of esters is 1. The van der Waals surface area contributed by atoms with Crippen LogP contribution in [0.3, 0.4) is 0 Å². The summed E-state index contributed by atoms with van der Waals surface area (Å²) in [7, 11) is 0. The molecule has 4 rings (SSSR count). The van der Waals surface area contributed by atoms with Gasteiger partial charge in [-0.2, -0.15) is 0 Å². The molecule has 27 heavy (non-hydrogen) atoms. The second-order valence-corrected chi connectivity index (χ2v) is 7.58. The molecule has 0 amide bonds. The summed E-state index contributed by atoms with van der Waals surface area (Å²) in [4.78, 5) is 29.5. The molecule has 138 valence electrons. The van der Waals surface area contributed by atoms with Gasteiger partial charge >= 0.3 is 5.97 Å². The van der Waals surface area contributed by atoms with Crippen LogP contribution < -0.4 is 5.56 Å². The van der Waals surface area contributed by atoms with Gasteiger partial charge < -0.3 is 14.4 Å². The molecule has 0 unspecified atom stereocenters. The minimum Gasteiger partial charge on any atom is -0.458 e. The van der Waals surface area contributed by atoms with Gasteiger partial charge in [-0.05, 0) is 47.2 Å². The quantitative estimate of drug-likeness (QED) is 0.357. The Kier molecular flexibility index (Phi) is 4.51. The SMILES string of the molecule is CC[C@@]1(O)C(=O)OCc2c1ccn(Cc1cc3ccccc3nc1I)c2=O. The fourth-order valence-electron chi connectivity index (χ4n) is 3.41. The first kappa shape index (κ1) is 18.1. The molecule has 3 aromatic rings. The number of carbonyl (C=O) groups is 1. The predicted molar refractivity (Wildman–Crippen MR) is 108 cm³/mol. The van der Waals surface area contributed by atoms with Crippen LogP contribution in [0.2, 0.25) is 0 Å². The fourth-order valence-corrected chi connectivity index (χ4v) is 3.99. The molecule has 1 aliphatic heterocycles. The molecule has 0 bridgehead atoms. The molecule has 0 saturated carbocycles. The minimum atomic E-state index is -1.76.